The van der Waals surface area contributed by atoms with Crippen LogP contribution in [0.3, 0.4) is 0 Å². The van der Waals surface area contributed by atoms with E-state index in [9.17, 15) is 18.0 Å². The summed E-state index contributed by atoms with van der Waals surface area (Å²) in [6.07, 6.45) is 0. The number of nitrogens with one attached hydrogen (secondary N) is 1. The number of nitrogens with zero attached hydrogens (tertiary/aromatic N) is 3. The molecule has 2 aliphatic rings. The van der Waals surface area contributed by atoms with E-state index in [1.54, 1.807) is 44.3 Å². The van der Waals surface area contributed by atoms with Crippen molar-refractivity contribution in [2.45, 2.75) is 37.8 Å². The molecule has 37 heavy (non-hydrogen) atoms. The van der Waals surface area contributed by atoms with Crippen LogP contribution in [0.5, 0.6) is 0 Å². The number of sulfonamides is 1. The maximum atomic E-state index is 13.2. The van der Waals surface area contributed by atoms with Crippen molar-refractivity contribution in [3.05, 3.63) is 77.0 Å². The van der Waals surface area contributed by atoms with Crippen LogP contribution in [-0.2, 0) is 19.6 Å². The van der Waals surface area contributed by atoms with Crippen LogP contribution < -0.4 is 5.32 Å². The average Bonchev–Trinajstić information content (AvgIpc) is 2.87. The Kier molecular flexibility index (Phi) is 8.01. The number of ether oxygens (including phenoxy) is 1. The molecule has 0 bridgehead atoms. The smallest absolute Gasteiger partial charge is 0.338 e. The summed E-state index contributed by atoms with van der Waals surface area (Å²) in [5.41, 5.74) is 2.73. The number of piperazine rings is 1. The van der Waals surface area contributed by atoms with Crippen LogP contribution in [0, 0.1) is 6.92 Å². The Morgan fingerprint density at radius 1 is 1.08 bits per heavy atom. The SMILES string of the molecule is CCOC(=O)C1=C(CN2CCN(S(=O)(=O)c3ccccc3)[C@H](C)C2)N(C)C(=O)N[C@H]1c1ccccc1C. The van der Waals surface area contributed by atoms with Gasteiger partial charge in [0, 0.05) is 45.0 Å². The first-order valence-electron chi connectivity index (χ1n) is 12.4. The van der Waals surface area contributed by atoms with E-state index < -0.39 is 22.0 Å². The van der Waals surface area contributed by atoms with E-state index in [-0.39, 0.29) is 23.6 Å². The van der Waals surface area contributed by atoms with Crippen LogP contribution >= 0.6 is 0 Å². The highest BCUT2D eigenvalue weighted by Crippen LogP contribution is 2.33. The van der Waals surface area contributed by atoms with E-state index in [0.717, 1.165) is 11.1 Å². The normalized spacial score (nSPS) is 21.6. The number of amides is 2. The molecular weight excluding hydrogens is 492 g/mol. The van der Waals surface area contributed by atoms with Crippen molar-refractivity contribution in [1.82, 2.24) is 19.4 Å². The van der Waals surface area contributed by atoms with E-state index in [2.05, 4.69) is 10.2 Å². The van der Waals surface area contributed by atoms with Crippen LogP contribution in [0.15, 0.2) is 70.8 Å². The molecule has 0 radical (unpaired) electrons. The minimum absolute atomic E-state index is 0.209. The van der Waals surface area contributed by atoms with Gasteiger partial charge in [0.1, 0.15) is 0 Å². The van der Waals surface area contributed by atoms with Crippen molar-refractivity contribution < 1.29 is 22.7 Å². The fourth-order valence-electron chi connectivity index (χ4n) is 5.00. The third kappa shape index (κ3) is 5.41. The lowest BCUT2D eigenvalue weighted by Crippen LogP contribution is -2.56. The second kappa shape index (κ2) is 11.0. The minimum Gasteiger partial charge on any atom is -0.463 e. The largest absolute Gasteiger partial charge is 0.463 e. The van der Waals surface area contributed by atoms with Gasteiger partial charge in [-0.3, -0.25) is 9.80 Å². The Balaban J connectivity index is 1.64. The van der Waals surface area contributed by atoms with E-state index in [1.165, 1.54) is 9.21 Å². The number of carbonyl (C=O) groups excluding carboxylic acids is 2. The molecule has 9 nitrogen and oxygen atoms in total. The predicted octanol–water partition coefficient (Wildman–Crippen LogP) is 2.90. The van der Waals surface area contributed by atoms with Crippen molar-refractivity contribution in [2.24, 2.45) is 0 Å². The molecule has 0 unspecified atom stereocenters. The summed E-state index contributed by atoms with van der Waals surface area (Å²) in [6, 6.07) is 14.8. The summed E-state index contributed by atoms with van der Waals surface area (Å²) in [7, 11) is -1.99. The molecule has 1 N–H and O–H groups in total. The Labute approximate surface area is 218 Å². The van der Waals surface area contributed by atoms with Gasteiger partial charge in [0.15, 0.2) is 0 Å². The molecule has 10 heteroatoms. The zero-order valence-electron chi connectivity index (χ0n) is 21.7. The fraction of sp³-hybridized carbons (Fsp3) is 0.407. The molecule has 1 saturated heterocycles. The van der Waals surface area contributed by atoms with Crippen molar-refractivity contribution in [1.29, 1.82) is 0 Å². The van der Waals surface area contributed by atoms with Crippen LogP contribution in [0.2, 0.25) is 0 Å². The second-order valence-corrected chi connectivity index (χ2v) is 11.3. The zero-order chi connectivity index (χ0) is 26.7. The number of urea groups is 1. The summed E-state index contributed by atoms with van der Waals surface area (Å²) < 4.78 is 33.4. The summed E-state index contributed by atoms with van der Waals surface area (Å²) in [5, 5.41) is 2.96. The van der Waals surface area contributed by atoms with E-state index in [1.807, 2.05) is 38.1 Å². The summed E-state index contributed by atoms with van der Waals surface area (Å²) in [5.74, 6) is -0.476. The Bertz CT molecular complexity index is 1290. The Morgan fingerprint density at radius 2 is 1.76 bits per heavy atom. The molecule has 2 aromatic rings. The Morgan fingerprint density at radius 3 is 2.41 bits per heavy atom. The number of carbonyl (C=O) groups is 2. The molecule has 2 aliphatic heterocycles. The van der Waals surface area contributed by atoms with Gasteiger partial charge < -0.3 is 10.1 Å². The lowest BCUT2D eigenvalue weighted by molar-refractivity contribution is -0.139. The van der Waals surface area contributed by atoms with Gasteiger partial charge in [-0.2, -0.15) is 4.31 Å². The molecular formula is C27H34N4O5S. The molecule has 2 aromatic carbocycles. The zero-order valence-corrected chi connectivity index (χ0v) is 22.5. The van der Waals surface area contributed by atoms with Crippen molar-refractivity contribution >= 4 is 22.0 Å². The highest BCUT2D eigenvalue weighted by molar-refractivity contribution is 7.89. The van der Waals surface area contributed by atoms with Crippen LogP contribution in [0.1, 0.15) is 31.0 Å². The molecule has 1 fully saturated rings. The molecule has 0 aliphatic carbocycles. The van der Waals surface area contributed by atoms with E-state index in [4.69, 9.17) is 4.74 Å². The van der Waals surface area contributed by atoms with Crippen LogP contribution in [0.4, 0.5) is 4.79 Å². The average molecular weight is 527 g/mol. The minimum atomic E-state index is -3.62. The number of rotatable bonds is 7. The molecule has 0 saturated carbocycles. The Hall–Kier alpha value is -3.21. The number of esters is 1. The van der Waals surface area contributed by atoms with Gasteiger partial charge >= 0.3 is 12.0 Å². The molecule has 4 rings (SSSR count). The first-order chi connectivity index (χ1) is 17.6. The van der Waals surface area contributed by atoms with E-state index >= 15 is 0 Å². The molecule has 2 heterocycles. The van der Waals surface area contributed by atoms with Gasteiger partial charge in [-0.25, -0.2) is 18.0 Å². The third-order valence-electron chi connectivity index (χ3n) is 6.95. The van der Waals surface area contributed by atoms with E-state index in [0.29, 0.717) is 37.4 Å². The van der Waals surface area contributed by atoms with Crippen LogP contribution in [0.25, 0.3) is 0 Å². The number of hydrogen-bond acceptors (Lipinski definition) is 6. The van der Waals surface area contributed by atoms with Crippen molar-refractivity contribution in [3.8, 4) is 0 Å². The standard InChI is InChI=1S/C27H34N4O5S/c1-5-36-26(32)24-23(29(4)27(33)28-25(24)22-14-10-9-11-19(22)2)18-30-15-16-31(20(3)17-30)37(34,35)21-12-7-6-8-13-21/h6-14,20,25H,5,15-18H2,1-4H3,(H,28,33)/t20-,25+/m1/s1. The molecule has 0 spiro atoms. The van der Waals surface area contributed by atoms with Gasteiger partial charge in [-0.1, -0.05) is 42.5 Å². The lowest BCUT2D eigenvalue weighted by atomic mass is 9.91. The van der Waals surface area contributed by atoms with Crippen LogP contribution in [-0.4, -0.2) is 80.4 Å². The summed E-state index contributed by atoms with van der Waals surface area (Å²) >= 11 is 0. The van der Waals surface area contributed by atoms with Crippen molar-refractivity contribution in [2.75, 3.05) is 39.8 Å². The monoisotopic (exact) mass is 526 g/mol. The fourth-order valence-corrected chi connectivity index (χ4v) is 6.63. The number of aryl methyl sites for hydroxylation is 1. The predicted molar refractivity (Wildman–Crippen MR) is 140 cm³/mol. The molecule has 2 atom stereocenters. The number of benzene rings is 2. The second-order valence-electron chi connectivity index (χ2n) is 9.39. The van der Waals surface area contributed by atoms with Gasteiger partial charge in [0.25, 0.3) is 0 Å². The highest BCUT2D eigenvalue weighted by Gasteiger charge is 2.39. The first kappa shape index (κ1) is 26.8. The van der Waals surface area contributed by atoms with Gasteiger partial charge in [0.2, 0.25) is 10.0 Å². The first-order valence-corrected chi connectivity index (χ1v) is 13.9. The van der Waals surface area contributed by atoms with Crippen molar-refractivity contribution in [3.63, 3.8) is 0 Å². The maximum absolute atomic E-state index is 13.2. The quantitative estimate of drug-likeness (QED) is 0.557. The van der Waals surface area contributed by atoms with Gasteiger partial charge in [-0.15, -0.1) is 0 Å². The van der Waals surface area contributed by atoms with Gasteiger partial charge in [-0.05, 0) is 44.0 Å². The number of likely N-dealkylation sites (N-methyl/N-ethyl adjacent to an activating group) is 1. The topological polar surface area (TPSA) is 99.3 Å². The highest BCUT2D eigenvalue weighted by atomic mass is 32.2. The molecule has 2 amide bonds. The molecule has 198 valence electrons. The summed E-state index contributed by atoms with van der Waals surface area (Å²) in [6.45, 7) is 7.30. The van der Waals surface area contributed by atoms with Gasteiger partial charge in [0.05, 0.1) is 23.1 Å². The molecule has 0 aromatic heterocycles. The maximum Gasteiger partial charge on any atom is 0.338 e. The number of hydrogen-bond donors (Lipinski definition) is 1. The lowest BCUT2D eigenvalue weighted by Gasteiger charge is -2.41. The third-order valence-corrected chi connectivity index (χ3v) is 8.97. The summed E-state index contributed by atoms with van der Waals surface area (Å²) in [4.78, 5) is 30.0.